The number of amides is 2. The minimum absolute atomic E-state index is 0.129. The van der Waals surface area contributed by atoms with Crippen molar-refractivity contribution in [3.63, 3.8) is 0 Å². The SMILES string of the molecule is CC(C)(C)N(NC(=O)c1ccccc1[N+](=O)[O-])C(=O)c1ccccn1. The third-order valence-electron chi connectivity index (χ3n) is 3.32. The molecule has 0 bridgehead atoms. The van der Waals surface area contributed by atoms with Gasteiger partial charge in [-0.15, -0.1) is 0 Å². The average Bonchev–Trinajstić information content (AvgIpc) is 2.58. The van der Waals surface area contributed by atoms with E-state index >= 15 is 0 Å². The summed E-state index contributed by atoms with van der Waals surface area (Å²) >= 11 is 0. The molecule has 25 heavy (non-hydrogen) atoms. The lowest BCUT2D eigenvalue weighted by Gasteiger charge is -2.35. The number of hydrazine groups is 1. The summed E-state index contributed by atoms with van der Waals surface area (Å²) < 4.78 is 0. The maximum atomic E-state index is 12.7. The molecule has 0 atom stereocenters. The highest BCUT2D eigenvalue weighted by atomic mass is 16.6. The molecule has 0 aliphatic heterocycles. The number of carbonyl (C=O) groups excluding carboxylic acids is 2. The van der Waals surface area contributed by atoms with E-state index in [1.807, 2.05) is 0 Å². The second kappa shape index (κ2) is 7.08. The number of nitro benzene ring substituents is 1. The van der Waals surface area contributed by atoms with Crippen LogP contribution in [0.25, 0.3) is 0 Å². The number of benzene rings is 1. The molecule has 0 radical (unpaired) electrons. The molecule has 0 saturated carbocycles. The average molecular weight is 342 g/mol. The van der Waals surface area contributed by atoms with Gasteiger partial charge >= 0.3 is 0 Å². The minimum atomic E-state index is -0.770. The standard InChI is InChI=1S/C17H18N4O4/c1-17(2,3)20(16(23)13-9-6-7-11-18-13)19-15(22)12-8-4-5-10-14(12)21(24)25/h4-11H,1-3H3,(H,19,22). The van der Waals surface area contributed by atoms with Crippen LogP contribution >= 0.6 is 0 Å². The van der Waals surface area contributed by atoms with Crippen LogP contribution in [-0.4, -0.2) is 32.3 Å². The van der Waals surface area contributed by atoms with Gasteiger partial charge in [0.05, 0.1) is 10.5 Å². The van der Waals surface area contributed by atoms with Crippen molar-refractivity contribution in [2.45, 2.75) is 26.3 Å². The fraction of sp³-hybridized carbons (Fsp3) is 0.235. The Morgan fingerprint density at radius 3 is 2.32 bits per heavy atom. The first-order valence-electron chi connectivity index (χ1n) is 7.52. The van der Waals surface area contributed by atoms with E-state index in [4.69, 9.17) is 0 Å². The van der Waals surface area contributed by atoms with Gasteiger partial charge in [0.25, 0.3) is 17.5 Å². The topological polar surface area (TPSA) is 105 Å². The molecule has 1 aromatic carbocycles. The lowest BCUT2D eigenvalue weighted by Crippen LogP contribution is -2.56. The Bertz CT molecular complexity index is 800. The Morgan fingerprint density at radius 2 is 1.76 bits per heavy atom. The first-order chi connectivity index (χ1) is 11.7. The van der Waals surface area contributed by atoms with Gasteiger partial charge in [-0.1, -0.05) is 18.2 Å². The molecule has 1 heterocycles. The van der Waals surface area contributed by atoms with E-state index in [2.05, 4.69) is 10.4 Å². The van der Waals surface area contributed by atoms with Crippen LogP contribution in [0.1, 0.15) is 41.6 Å². The monoisotopic (exact) mass is 342 g/mol. The van der Waals surface area contributed by atoms with E-state index in [9.17, 15) is 19.7 Å². The van der Waals surface area contributed by atoms with Crippen LogP contribution in [0.2, 0.25) is 0 Å². The quantitative estimate of drug-likeness (QED) is 0.682. The molecule has 2 aromatic rings. The Morgan fingerprint density at radius 1 is 1.12 bits per heavy atom. The van der Waals surface area contributed by atoms with Crippen molar-refractivity contribution in [1.29, 1.82) is 0 Å². The predicted octanol–water partition coefficient (Wildman–Crippen LogP) is 2.58. The molecule has 8 nitrogen and oxygen atoms in total. The summed E-state index contributed by atoms with van der Waals surface area (Å²) in [6.07, 6.45) is 1.47. The van der Waals surface area contributed by atoms with E-state index in [1.165, 1.54) is 36.5 Å². The summed E-state index contributed by atoms with van der Waals surface area (Å²) in [5.41, 5.74) is 1.39. The summed E-state index contributed by atoms with van der Waals surface area (Å²) in [7, 11) is 0. The molecular formula is C17H18N4O4. The summed E-state index contributed by atoms with van der Waals surface area (Å²) in [6, 6.07) is 10.4. The molecule has 130 valence electrons. The van der Waals surface area contributed by atoms with Crippen molar-refractivity contribution in [2.24, 2.45) is 0 Å². The largest absolute Gasteiger partial charge is 0.291 e. The molecule has 0 fully saturated rings. The summed E-state index contributed by atoms with van der Waals surface area (Å²) in [5.74, 6) is -1.26. The van der Waals surface area contributed by atoms with Gasteiger partial charge in [0.2, 0.25) is 0 Å². The van der Waals surface area contributed by atoms with E-state index in [-0.39, 0.29) is 16.9 Å². The van der Waals surface area contributed by atoms with Crippen molar-refractivity contribution >= 4 is 17.5 Å². The Kier molecular flexibility index (Phi) is 5.11. The first kappa shape index (κ1) is 18.1. The van der Waals surface area contributed by atoms with Crippen LogP contribution in [0, 0.1) is 10.1 Å². The number of nitrogens with zero attached hydrogens (tertiary/aromatic N) is 3. The highest BCUT2D eigenvalue weighted by molar-refractivity contribution is 6.00. The summed E-state index contributed by atoms with van der Waals surface area (Å²) in [4.78, 5) is 39.7. The number of pyridine rings is 1. The van der Waals surface area contributed by atoms with Gasteiger partial charge in [-0.2, -0.15) is 0 Å². The fourth-order valence-corrected chi connectivity index (χ4v) is 2.11. The van der Waals surface area contributed by atoms with Gasteiger partial charge in [0.1, 0.15) is 11.3 Å². The molecule has 0 spiro atoms. The normalized spacial score (nSPS) is 10.8. The molecule has 2 amide bonds. The number of rotatable bonds is 3. The third kappa shape index (κ3) is 4.17. The van der Waals surface area contributed by atoms with E-state index in [0.717, 1.165) is 5.01 Å². The maximum Gasteiger partial charge on any atom is 0.291 e. The lowest BCUT2D eigenvalue weighted by molar-refractivity contribution is -0.385. The smallest absolute Gasteiger partial charge is 0.267 e. The zero-order valence-electron chi connectivity index (χ0n) is 14.1. The molecule has 2 rings (SSSR count). The number of para-hydroxylation sites is 1. The van der Waals surface area contributed by atoms with Gasteiger partial charge in [0.15, 0.2) is 0 Å². The zero-order valence-corrected chi connectivity index (χ0v) is 14.1. The van der Waals surface area contributed by atoms with Crippen LogP contribution in [-0.2, 0) is 0 Å². The molecule has 1 aromatic heterocycles. The minimum Gasteiger partial charge on any atom is -0.267 e. The second-order valence-electron chi connectivity index (χ2n) is 6.24. The number of nitrogens with one attached hydrogen (secondary N) is 1. The Balaban J connectivity index is 2.34. The predicted molar refractivity (Wildman–Crippen MR) is 90.7 cm³/mol. The van der Waals surface area contributed by atoms with Gasteiger partial charge in [-0.05, 0) is 39.0 Å². The third-order valence-corrected chi connectivity index (χ3v) is 3.32. The number of hydrogen-bond donors (Lipinski definition) is 1. The van der Waals surface area contributed by atoms with Crippen LogP contribution in [0.3, 0.4) is 0 Å². The lowest BCUT2D eigenvalue weighted by atomic mass is 10.1. The van der Waals surface area contributed by atoms with Crippen molar-refractivity contribution in [2.75, 3.05) is 0 Å². The number of hydrogen-bond acceptors (Lipinski definition) is 5. The van der Waals surface area contributed by atoms with E-state index in [0.29, 0.717) is 0 Å². The van der Waals surface area contributed by atoms with Gasteiger partial charge < -0.3 is 0 Å². The Labute approximate surface area is 144 Å². The van der Waals surface area contributed by atoms with E-state index in [1.54, 1.807) is 32.9 Å². The molecule has 1 N–H and O–H groups in total. The number of nitro groups is 1. The van der Waals surface area contributed by atoms with Crippen LogP contribution < -0.4 is 5.43 Å². The molecule has 8 heteroatoms. The molecule has 0 aliphatic rings. The highest BCUT2D eigenvalue weighted by Gasteiger charge is 2.31. The molecule has 0 aliphatic carbocycles. The number of carbonyl (C=O) groups is 2. The van der Waals surface area contributed by atoms with Gasteiger partial charge in [0, 0.05) is 12.3 Å². The second-order valence-corrected chi connectivity index (χ2v) is 6.24. The Hall–Kier alpha value is -3.29. The van der Waals surface area contributed by atoms with Crippen molar-refractivity contribution in [3.05, 3.63) is 70.0 Å². The highest BCUT2D eigenvalue weighted by Crippen LogP contribution is 2.19. The van der Waals surface area contributed by atoms with Crippen LogP contribution in [0.15, 0.2) is 48.7 Å². The number of aromatic nitrogens is 1. The van der Waals surface area contributed by atoms with Crippen molar-refractivity contribution in [3.8, 4) is 0 Å². The molecule has 0 saturated heterocycles. The summed E-state index contributed by atoms with van der Waals surface area (Å²) in [6.45, 7) is 5.19. The fourth-order valence-electron chi connectivity index (χ4n) is 2.11. The molecule has 0 unspecified atom stereocenters. The van der Waals surface area contributed by atoms with Crippen molar-refractivity contribution in [1.82, 2.24) is 15.4 Å². The van der Waals surface area contributed by atoms with Crippen molar-refractivity contribution < 1.29 is 14.5 Å². The first-order valence-corrected chi connectivity index (χ1v) is 7.52. The van der Waals surface area contributed by atoms with E-state index < -0.39 is 22.3 Å². The van der Waals surface area contributed by atoms with Crippen LogP contribution in [0.4, 0.5) is 5.69 Å². The zero-order chi connectivity index (χ0) is 18.6. The maximum absolute atomic E-state index is 12.7. The summed E-state index contributed by atoms with van der Waals surface area (Å²) in [5, 5.41) is 12.2. The molecular weight excluding hydrogens is 324 g/mol. The van der Waals surface area contributed by atoms with Gasteiger partial charge in [-0.25, -0.2) is 5.01 Å². The van der Waals surface area contributed by atoms with Gasteiger partial charge in [-0.3, -0.25) is 30.1 Å². The van der Waals surface area contributed by atoms with Crippen LogP contribution in [0.5, 0.6) is 0 Å².